The zero-order valence-electron chi connectivity index (χ0n) is 10.4. The summed E-state index contributed by atoms with van der Waals surface area (Å²) in [5.74, 6) is -1.30. The van der Waals surface area contributed by atoms with Crippen LogP contribution in [-0.4, -0.2) is 40.7 Å². The van der Waals surface area contributed by atoms with Crippen LogP contribution in [0.5, 0.6) is 0 Å². The highest BCUT2D eigenvalue weighted by atomic mass is 35.5. The molecule has 1 aliphatic carbocycles. The van der Waals surface area contributed by atoms with Crippen molar-refractivity contribution in [1.29, 1.82) is 0 Å². The largest absolute Gasteiger partial charge is 0.480 e. The molecule has 1 fully saturated rings. The molecule has 1 aromatic rings. The first-order valence-corrected chi connectivity index (χ1v) is 7.49. The summed E-state index contributed by atoms with van der Waals surface area (Å²) in [6.45, 7) is -0.274. The highest BCUT2D eigenvalue weighted by Gasteiger charge is 2.35. The van der Waals surface area contributed by atoms with E-state index in [0.717, 1.165) is 17.7 Å². The molecule has 1 N–H and O–H groups in total. The molecule has 0 radical (unpaired) electrons. The molecule has 2 rings (SSSR count). The van der Waals surface area contributed by atoms with E-state index in [1.807, 2.05) is 12.3 Å². The third-order valence-electron chi connectivity index (χ3n) is 2.96. The Balaban J connectivity index is 2.27. The minimum atomic E-state index is -1.00. The average Bonchev–Trinajstić information content (AvgIpc) is 3.20. The van der Waals surface area contributed by atoms with Gasteiger partial charge in [0, 0.05) is 10.9 Å². The van der Waals surface area contributed by atoms with Crippen LogP contribution < -0.4 is 0 Å². The normalized spacial score (nSPS) is 14.2. The Morgan fingerprint density at radius 2 is 2.16 bits per heavy atom. The average molecular weight is 300 g/mol. The van der Waals surface area contributed by atoms with Crippen LogP contribution >= 0.6 is 23.4 Å². The quantitative estimate of drug-likeness (QED) is 0.849. The Bertz CT molecular complexity index is 517. The van der Waals surface area contributed by atoms with Gasteiger partial charge in [-0.05, 0) is 37.3 Å². The van der Waals surface area contributed by atoms with E-state index in [2.05, 4.69) is 0 Å². The summed E-state index contributed by atoms with van der Waals surface area (Å²) in [6.07, 6.45) is 3.63. The lowest BCUT2D eigenvalue weighted by atomic mass is 10.2. The number of nitrogens with zero attached hydrogens (tertiary/aromatic N) is 1. The van der Waals surface area contributed by atoms with E-state index in [0.29, 0.717) is 10.6 Å². The molecule has 0 aromatic heterocycles. The van der Waals surface area contributed by atoms with Crippen LogP contribution in [0.4, 0.5) is 0 Å². The zero-order chi connectivity index (χ0) is 14.0. The van der Waals surface area contributed by atoms with Crippen LogP contribution in [0.25, 0.3) is 0 Å². The summed E-state index contributed by atoms with van der Waals surface area (Å²) in [6, 6.07) is 5.26. The molecule has 0 bridgehead atoms. The van der Waals surface area contributed by atoms with E-state index in [-0.39, 0.29) is 18.5 Å². The fraction of sp³-hybridized carbons (Fsp3) is 0.385. The van der Waals surface area contributed by atoms with Gasteiger partial charge in [-0.25, -0.2) is 0 Å². The summed E-state index contributed by atoms with van der Waals surface area (Å²) >= 11 is 7.56. The number of amides is 1. The van der Waals surface area contributed by atoms with E-state index in [1.165, 1.54) is 16.7 Å². The fourth-order valence-corrected chi connectivity index (χ4v) is 2.49. The van der Waals surface area contributed by atoms with Gasteiger partial charge in [0.2, 0.25) is 0 Å². The van der Waals surface area contributed by atoms with Gasteiger partial charge in [-0.2, -0.15) is 0 Å². The van der Waals surface area contributed by atoms with E-state index in [4.69, 9.17) is 16.7 Å². The first-order valence-electron chi connectivity index (χ1n) is 5.89. The molecule has 0 unspecified atom stereocenters. The maximum atomic E-state index is 12.4. The molecule has 1 aromatic carbocycles. The van der Waals surface area contributed by atoms with Gasteiger partial charge in [0.1, 0.15) is 6.54 Å². The van der Waals surface area contributed by atoms with E-state index < -0.39 is 5.97 Å². The van der Waals surface area contributed by atoms with E-state index in [9.17, 15) is 9.59 Å². The van der Waals surface area contributed by atoms with Gasteiger partial charge < -0.3 is 10.0 Å². The highest BCUT2D eigenvalue weighted by Crippen LogP contribution is 2.30. The van der Waals surface area contributed by atoms with Gasteiger partial charge in [-0.3, -0.25) is 9.59 Å². The second-order valence-corrected chi connectivity index (χ2v) is 5.69. The Kier molecular flexibility index (Phi) is 4.37. The van der Waals surface area contributed by atoms with Crippen LogP contribution in [-0.2, 0) is 4.79 Å². The number of thioether (sulfide) groups is 1. The fourth-order valence-electron chi connectivity index (χ4n) is 1.85. The SMILES string of the molecule is CSc1ccc(Cl)c(C(=O)N(CC(=O)O)C2CC2)c1. The monoisotopic (exact) mass is 299 g/mol. The molecule has 6 heteroatoms. The number of carbonyl (C=O) groups is 2. The molecule has 1 aliphatic rings. The Hall–Kier alpha value is -1.20. The number of hydrogen-bond acceptors (Lipinski definition) is 3. The molecule has 102 valence electrons. The lowest BCUT2D eigenvalue weighted by Crippen LogP contribution is -2.37. The van der Waals surface area contributed by atoms with Crippen LogP contribution in [0.1, 0.15) is 23.2 Å². The summed E-state index contributed by atoms with van der Waals surface area (Å²) in [7, 11) is 0. The van der Waals surface area contributed by atoms with Crippen LogP contribution in [0.2, 0.25) is 5.02 Å². The first-order chi connectivity index (χ1) is 9.02. The minimum absolute atomic E-state index is 0.0394. The number of hydrogen-bond donors (Lipinski definition) is 1. The molecular weight excluding hydrogens is 286 g/mol. The Labute approximate surface area is 120 Å². The smallest absolute Gasteiger partial charge is 0.323 e. The Morgan fingerprint density at radius 1 is 1.47 bits per heavy atom. The molecular formula is C13H14ClNO3S. The zero-order valence-corrected chi connectivity index (χ0v) is 12.0. The Morgan fingerprint density at radius 3 is 2.68 bits per heavy atom. The van der Waals surface area contributed by atoms with Gasteiger partial charge in [-0.15, -0.1) is 11.8 Å². The molecule has 0 atom stereocenters. The number of rotatable bonds is 5. The van der Waals surface area contributed by atoms with E-state index >= 15 is 0 Å². The molecule has 0 aliphatic heterocycles. The van der Waals surface area contributed by atoms with Crippen molar-refractivity contribution in [1.82, 2.24) is 4.90 Å². The number of carbonyl (C=O) groups excluding carboxylic acids is 1. The minimum Gasteiger partial charge on any atom is -0.480 e. The molecule has 0 spiro atoms. The standard InChI is InChI=1S/C13H14ClNO3S/c1-19-9-4-5-11(14)10(6-9)13(18)15(7-12(16)17)8-2-3-8/h4-6,8H,2-3,7H2,1H3,(H,16,17). The van der Waals surface area contributed by atoms with Crippen LogP contribution in [0, 0.1) is 0 Å². The lowest BCUT2D eigenvalue weighted by Gasteiger charge is -2.21. The van der Waals surface area contributed by atoms with Gasteiger partial charge >= 0.3 is 5.97 Å². The van der Waals surface area contributed by atoms with Gasteiger partial charge in [0.05, 0.1) is 10.6 Å². The second kappa shape index (κ2) is 5.84. The van der Waals surface area contributed by atoms with Crippen molar-refractivity contribution >= 4 is 35.2 Å². The first kappa shape index (κ1) is 14.2. The number of halogens is 1. The summed E-state index contributed by atoms with van der Waals surface area (Å²) in [4.78, 5) is 25.6. The number of aliphatic carboxylic acids is 1. The summed E-state index contributed by atoms with van der Waals surface area (Å²) in [5.41, 5.74) is 0.377. The number of carboxylic acid groups (broad SMARTS) is 1. The number of carboxylic acids is 1. The molecule has 1 amide bonds. The van der Waals surface area contributed by atoms with Crippen LogP contribution in [0.3, 0.4) is 0 Å². The second-order valence-electron chi connectivity index (χ2n) is 4.40. The lowest BCUT2D eigenvalue weighted by molar-refractivity contribution is -0.137. The van der Waals surface area contributed by atoms with Crippen molar-refractivity contribution in [3.63, 3.8) is 0 Å². The van der Waals surface area contributed by atoms with Crippen molar-refractivity contribution in [3.8, 4) is 0 Å². The van der Waals surface area contributed by atoms with Crippen molar-refractivity contribution in [2.75, 3.05) is 12.8 Å². The van der Waals surface area contributed by atoms with Crippen LogP contribution in [0.15, 0.2) is 23.1 Å². The summed E-state index contributed by atoms with van der Waals surface area (Å²) < 4.78 is 0. The molecule has 0 saturated heterocycles. The highest BCUT2D eigenvalue weighted by molar-refractivity contribution is 7.98. The van der Waals surface area contributed by atoms with Crippen molar-refractivity contribution < 1.29 is 14.7 Å². The van der Waals surface area contributed by atoms with Gasteiger partial charge in [0.15, 0.2) is 0 Å². The van der Waals surface area contributed by atoms with Crippen molar-refractivity contribution in [2.24, 2.45) is 0 Å². The number of benzene rings is 1. The van der Waals surface area contributed by atoms with Gasteiger partial charge in [0.25, 0.3) is 5.91 Å². The molecule has 0 heterocycles. The maximum absolute atomic E-state index is 12.4. The van der Waals surface area contributed by atoms with E-state index in [1.54, 1.807) is 12.1 Å². The third-order valence-corrected chi connectivity index (χ3v) is 4.01. The molecule has 4 nitrogen and oxygen atoms in total. The predicted molar refractivity (Wildman–Crippen MR) is 74.9 cm³/mol. The predicted octanol–water partition coefficient (Wildman–Crippen LogP) is 2.75. The maximum Gasteiger partial charge on any atom is 0.323 e. The molecule has 1 saturated carbocycles. The molecule has 19 heavy (non-hydrogen) atoms. The third kappa shape index (κ3) is 3.42. The van der Waals surface area contributed by atoms with Gasteiger partial charge in [-0.1, -0.05) is 11.6 Å². The van der Waals surface area contributed by atoms with Crippen molar-refractivity contribution in [3.05, 3.63) is 28.8 Å². The van der Waals surface area contributed by atoms with Crippen molar-refractivity contribution in [2.45, 2.75) is 23.8 Å². The summed E-state index contributed by atoms with van der Waals surface area (Å²) in [5, 5.41) is 9.26. The topological polar surface area (TPSA) is 57.6 Å².